The Labute approximate surface area is 147 Å². The molecule has 2 aromatic rings. The molecule has 5 nitrogen and oxygen atoms in total. The van der Waals surface area contributed by atoms with E-state index in [4.69, 9.17) is 4.74 Å². The van der Waals surface area contributed by atoms with Crippen LogP contribution in [0, 0.1) is 5.92 Å². The Bertz CT molecular complexity index is 810. The molecule has 1 spiro atoms. The monoisotopic (exact) mass is 339 g/mol. The van der Waals surface area contributed by atoms with Gasteiger partial charge < -0.3 is 15.0 Å². The molecule has 25 heavy (non-hydrogen) atoms. The number of ether oxygens (including phenoxy) is 1. The van der Waals surface area contributed by atoms with Crippen LogP contribution in [0.25, 0.3) is 10.9 Å². The zero-order valence-corrected chi connectivity index (χ0v) is 14.4. The lowest BCUT2D eigenvalue weighted by Crippen LogP contribution is -2.58. The van der Waals surface area contributed by atoms with Gasteiger partial charge in [-0.25, -0.2) is 0 Å². The van der Waals surface area contributed by atoms with Gasteiger partial charge in [-0.1, -0.05) is 18.2 Å². The Morgan fingerprint density at radius 2 is 2.20 bits per heavy atom. The number of hydrogen-bond donors (Lipinski definition) is 3. The van der Waals surface area contributed by atoms with E-state index in [1.807, 2.05) is 18.3 Å². The lowest BCUT2D eigenvalue weighted by atomic mass is 9.73. The smallest absolute Gasteiger partial charge is 0.233 e. The summed E-state index contributed by atoms with van der Waals surface area (Å²) in [6.45, 7) is 1.94. The predicted octanol–water partition coefficient (Wildman–Crippen LogP) is 2.13. The first-order valence-corrected chi connectivity index (χ1v) is 9.43. The SMILES string of the molecule is O=C(CN[C@]12C[C@H]1COC21CCC1)NCCc1c[nH]c2ccccc12. The van der Waals surface area contributed by atoms with E-state index < -0.39 is 0 Å². The second kappa shape index (κ2) is 5.58. The number of amides is 1. The minimum atomic E-state index is 0.0436. The molecule has 3 fully saturated rings. The minimum absolute atomic E-state index is 0.0436. The van der Waals surface area contributed by atoms with Crippen molar-refractivity contribution in [2.75, 3.05) is 19.7 Å². The van der Waals surface area contributed by atoms with E-state index in [2.05, 4.69) is 27.8 Å². The van der Waals surface area contributed by atoms with Crippen LogP contribution in [0.1, 0.15) is 31.2 Å². The van der Waals surface area contributed by atoms with Crippen LogP contribution in [0.3, 0.4) is 0 Å². The van der Waals surface area contributed by atoms with E-state index in [0.29, 0.717) is 19.0 Å². The van der Waals surface area contributed by atoms with Crippen LogP contribution in [0.2, 0.25) is 0 Å². The molecule has 1 aromatic heterocycles. The number of hydrogen-bond acceptors (Lipinski definition) is 3. The second-order valence-corrected chi connectivity index (χ2v) is 7.84. The fraction of sp³-hybridized carbons (Fsp3) is 0.550. The maximum absolute atomic E-state index is 12.2. The molecule has 0 radical (unpaired) electrons. The maximum atomic E-state index is 12.2. The fourth-order valence-corrected chi connectivity index (χ4v) is 4.92. The van der Waals surface area contributed by atoms with Gasteiger partial charge in [0, 0.05) is 29.6 Å². The molecule has 0 unspecified atom stereocenters. The summed E-state index contributed by atoms with van der Waals surface area (Å²) < 4.78 is 6.05. The summed E-state index contributed by atoms with van der Waals surface area (Å²) in [5.41, 5.74) is 2.54. The first kappa shape index (κ1) is 15.4. The third-order valence-electron chi connectivity index (χ3n) is 6.60. The third-order valence-corrected chi connectivity index (χ3v) is 6.60. The summed E-state index contributed by atoms with van der Waals surface area (Å²) in [5, 5.41) is 7.85. The Hall–Kier alpha value is -1.85. The Balaban J connectivity index is 1.12. The van der Waals surface area contributed by atoms with Crippen molar-refractivity contribution >= 4 is 16.8 Å². The topological polar surface area (TPSA) is 66.2 Å². The highest BCUT2D eigenvalue weighted by molar-refractivity contribution is 5.83. The lowest BCUT2D eigenvalue weighted by Gasteiger charge is -2.45. The maximum Gasteiger partial charge on any atom is 0.233 e. The van der Waals surface area contributed by atoms with Crippen LogP contribution in [0.4, 0.5) is 0 Å². The molecule has 5 heteroatoms. The Morgan fingerprint density at radius 3 is 3.00 bits per heavy atom. The number of benzene rings is 1. The average Bonchev–Trinajstić information content (AvgIpc) is 3.00. The van der Waals surface area contributed by atoms with Gasteiger partial charge in [-0.2, -0.15) is 0 Å². The first-order valence-electron chi connectivity index (χ1n) is 9.43. The van der Waals surface area contributed by atoms with Crippen LogP contribution in [0.15, 0.2) is 30.5 Å². The van der Waals surface area contributed by atoms with Gasteiger partial charge in [0.25, 0.3) is 0 Å². The molecule has 0 bridgehead atoms. The van der Waals surface area contributed by atoms with Crippen molar-refractivity contribution in [1.82, 2.24) is 15.6 Å². The number of rotatable bonds is 6. The van der Waals surface area contributed by atoms with Crippen molar-refractivity contribution in [1.29, 1.82) is 0 Å². The molecule has 1 saturated heterocycles. The van der Waals surface area contributed by atoms with Crippen LogP contribution in [-0.4, -0.2) is 41.7 Å². The zero-order valence-electron chi connectivity index (χ0n) is 14.4. The predicted molar refractivity (Wildman–Crippen MR) is 96.4 cm³/mol. The lowest BCUT2D eigenvalue weighted by molar-refractivity contribution is -0.122. The highest BCUT2D eigenvalue weighted by Gasteiger charge is 2.73. The van der Waals surface area contributed by atoms with Crippen LogP contribution in [0.5, 0.6) is 0 Å². The number of carbonyl (C=O) groups is 1. The number of H-pyrrole nitrogens is 1. The normalized spacial score (nSPS) is 28.7. The van der Waals surface area contributed by atoms with Gasteiger partial charge >= 0.3 is 0 Å². The molecule has 1 aliphatic heterocycles. The highest BCUT2D eigenvalue weighted by Crippen LogP contribution is 2.64. The van der Waals surface area contributed by atoms with Gasteiger partial charge in [-0.3, -0.25) is 10.1 Å². The summed E-state index contributed by atoms with van der Waals surface area (Å²) >= 11 is 0. The molecule has 3 aliphatic rings. The summed E-state index contributed by atoms with van der Waals surface area (Å²) in [5.74, 6) is 0.702. The van der Waals surface area contributed by atoms with Crippen molar-refractivity contribution in [3.05, 3.63) is 36.0 Å². The number of nitrogens with one attached hydrogen (secondary N) is 3. The van der Waals surface area contributed by atoms with Gasteiger partial charge in [0.2, 0.25) is 5.91 Å². The summed E-state index contributed by atoms with van der Waals surface area (Å²) in [6.07, 6.45) is 7.62. The van der Waals surface area contributed by atoms with E-state index in [9.17, 15) is 4.79 Å². The minimum Gasteiger partial charge on any atom is -0.373 e. The van der Waals surface area contributed by atoms with Gasteiger partial charge in [-0.05, 0) is 43.7 Å². The molecule has 2 aliphatic carbocycles. The zero-order chi connectivity index (χ0) is 16.9. The number of aromatic nitrogens is 1. The van der Waals surface area contributed by atoms with Gasteiger partial charge in [0.15, 0.2) is 0 Å². The molecular weight excluding hydrogens is 314 g/mol. The van der Waals surface area contributed by atoms with Crippen LogP contribution in [-0.2, 0) is 16.0 Å². The molecule has 2 heterocycles. The summed E-state index contributed by atoms with van der Waals surface area (Å²) in [7, 11) is 0. The molecule has 1 aromatic carbocycles. The van der Waals surface area contributed by atoms with E-state index in [1.54, 1.807) is 0 Å². The van der Waals surface area contributed by atoms with Gasteiger partial charge in [0.1, 0.15) is 0 Å². The van der Waals surface area contributed by atoms with E-state index >= 15 is 0 Å². The highest BCUT2D eigenvalue weighted by atomic mass is 16.5. The second-order valence-electron chi connectivity index (χ2n) is 7.84. The molecule has 3 N–H and O–H groups in total. The molecule has 5 rings (SSSR count). The Morgan fingerprint density at radius 1 is 1.32 bits per heavy atom. The van der Waals surface area contributed by atoms with Crippen molar-refractivity contribution in [2.24, 2.45) is 5.92 Å². The van der Waals surface area contributed by atoms with Crippen molar-refractivity contribution in [2.45, 2.75) is 43.2 Å². The van der Waals surface area contributed by atoms with Crippen molar-refractivity contribution in [3.63, 3.8) is 0 Å². The van der Waals surface area contributed by atoms with Gasteiger partial charge in [-0.15, -0.1) is 0 Å². The van der Waals surface area contributed by atoms with Gasteiger partial charge in [0.05, 0.1) is 24.3 Å². The van der Waals surface area contributed by atoms with Crippen LogP contribution >= 0.6 is 0 Å². The molecule has 2 saturated carbocycles. The fourth-order valence-electron chi connectivity index (χ4n) is 4.92. The number of carbonyl (C=O) groups excluding carboxylic acids is 1. The van der Waals surface area contributed by atoms with E-state index in [0.717, 1.165) is 31.4 Å². The molecule has 1 amide bonds. The number of fused-ring (bicyclic) bond motifs is 3. The molecule has 2 atom stereocenters. The van der Waals surface area contributed by atoms with E-state index in [-0.39, 0.29) is 17.0 Å². The van der Waals surface area contributed by atoms with Crippen molar-refractivity contribution < 1.29 is 9.53 Å². The molecular formula is C20H25N3O2. The standard InChI is InChI=1S/C20H25N3O2/c24-18(12-23-20-10-15(20)13-25-19(20)7-3-8-19)21-9-6-14-11-22-17-5-2-1-4-16(14)17/h1-2,4-5,11,15,22-23H,3,6-10,12-13H2,(H,21,24)/t15-,20+/m0/s1. The third kappa shape index (κ3) is 2.33. The van der Waals surface area contributed by atoms with E-state index in [1.165, 1.54) is 23.8 Å². The molecule has 132 valence electrons. The average molecular weight is 339 g/mol. The first-order chi connectivity index (χ1) is 12.2. The Kier molecular flexibility index (Phi) is 3.44. The summed E-state index contributed by atoms with van der Waals surface area (Å²) in [4.78, 5) is 15.5. The quantitative estimate of drug-likeness (QED) is 0.755. The largest absolute Gasteiger partial charge is 0.373 e. The van der Waals surface area contributed by atoms with Crippen LogP contribution < -0.4 is 10.6 Å². The number of aromatic amines is 1. The summed E-state index contributed by atoms with van der Waals surface area (Å²) in [6, 6.07) is 8.28. The number of para-hydroxylation sites is 1. The van der Waals surface area contributed by atoms with Crippen molar-refractivity contribution in [3.8, 4) is 0 Å².